The van der Waals surface area contributed by atoms with Crippen LogP contribution in [0.2, 0.25) is 0 Å². The van der Waals surface area contributed by atoms with Gasteiger partial charge in [0, 0.05) is 35.6 Å². The number of benzene rings is 2. The predicted octanol–water partition coefficient (Wildman–Crippen LogP) is 5.14. The number of fused-ring (bicyclic) bond motifs is 1. The number of esters is 1. The molecular weight excluding hydrogens is 538 g/mol. The minimum absolute atomic E-state index is 0.0456. The smallest absolute Gasteiger partial charge is 0.336 e. The van der Waals surface area contributed by atoms with E-state index in [0.717, 1.165) is 5.56 Å². The maximum absolute atomic E-state index is 14.0. The van der Waals surface area contributed by atoms with Crippen LogP contribution >= 0.6 is 0 Å². The van der Waals surface area contributed by atoms with Crippen molar-refractivity contribution >= 4 is 22.7 Å². The molecule has 2 aliphatic rings. The van der Waals surface area contributed by atoms with E-state index in [4.69, 9.17) is 23.4 Å². The molecule has 2 aromatic carbocycles. The fourth-order valence-corrected chi connectivity index (χ4v) is 5.78. The van der Waals surface area contributed by atoms with Gasteiger partial charge in [-0.2, -0.15) is 0 Å². The van der Waals surface area contributed by atoms with Crippen molar-refractivity contribution in [3.63, 3.8) is 0 Å². The fraction of sp³-hybridized carbons (Fsp3) is 0.364. The molecule has 220 valence electrons. The summed E-state index contributed by atoms with van der Waals surface area (Å²) >= 11 is 0. The van der Waals surface area contributed by atoms with Crippen LogP contribution < -0.4 is 20.2 Å². The fourth-order valence-electron chi connectivity index (χ4n) is 5.78. The molecule has 0 radical (unpaired) electrons. The molecule has 3 aromatic rings. The van der Waals surface area contributed by atoms with Crippen LogP contribution in [0, 0.1) is 0 Å². The maximum Gasteiger partial charge on any atom is 0.336 e. The first-order valence-corrected chi connectivity index (χ1v) is 14.2. The molecule has 1 aliphatic carbocycles. The highest BCUT2D eigenvalue weighted by molar-refractivity contribution is 6.04. The number of dihydropyridines is 1. The van der Waals surface area contributed by atoms with E-state index in [1.54, 1.807) is 38.3 Å². The summed E-state index contributed by atoms with van der Waals surface area (Å²) in [5.41, 5.74) is 3.06. The van der Waals surface area contributed by atoms with Crippen LogP contribution in [0.15, 0.2) is 80.5 Å². The van der Waals surface area contributed by atoms with Crippen LogP contribution in [0.5, 0.6) is 11.5 Å². The molecule has 0 bridgehead atoms. The van der Waals surface area contributed by atoms with E-state index in [0.29, 0.717) is 59.1 Å². The first kappa shape index (κ1) is 29.1. The zero-order valence-electron chi connectivity index (χ0n) is 24.3. The lowest BCUT2D eigenvalue weighted by Gasteiger charge is -2.36. The molecule has 1 N–H and O–H groups in total. The molecule has 9 nitrogen and oxygen atoms in total. The van der Waals surface area contributed by atoms with Gasteiger partial charge in [-0.3, -0.25) is 9.59 Å². The SMILES string of the molecule is CCOCCOC(=O)C1=C(C)NC2=C(C(=O)C[C@@H](c3ccc(OCC)c(OC)c3)C2)[C@@H]1c1coc2ccccc2c1=O. The number of nitrogens with one attached hydrogen (secondary N) is 1. The Kier molecular flexibility index (Phi) is 8.77. The van der Waals surface area contributed by atoms with Gasteiger partial charge in [0.2, 0.25) is 0 Å². The van der Waals surface area contributed by atoms with Crippen LogP contribution in [0.1, 0.15) is 56.6 Å². The van der Waals surface area contributed by atoms with Crippen LogP contribution in [0.3, 0.4) is 0 Å². The average Bonchev–Trinajstić information content (AvgIpc) is 2.99. The second kappa shape index (κ2) is 12.7. The van der Waals surface area contributed by atoms with E-state index in [2.05, 4.69) is 5.32 Å². The highest BCUT2D eigenvalue weighted by Crippen LogP contribution is 2.46. The summed E-state index contributed by atoms with van der Waals surface area (Å²) in [6, 6.07) is 12.6. The molecule has 0 unspecified atom stereocenters. The number of Topliss-reactive ketones (excluding diaryl/α,β-unsaturated/α-hetero) is 1. The Balaban J connectivity index is 1.57. The topological polar surface area (TPSA) is 113 Å². The largest absolute Gasteiger partial charge is 0.493 e. The minimum atomic E-state index is -0.940. The van der Waals surface area contributed by atoms with Gasteiger partial charge in [-0.25, -0.2) is 4.79 Å². The minimum Gasteiger partial charge on any atom is -0.493 e. The molecule has 0 amide bonds. The van der Waals surface area contributed by atoms with E-state index in [1.807, 2.05) is 32.0 Å². The number of carbonyl (C=O) groups is 2. The Morgan fingerprint density at radius 3 is 2.60 bits per heavy atom. The first-order valence-electron chi connectivity index (χ1n) is 14.2. The lowest BCUT2D eigenvalue weighted by Crippen LogP contribution is -2.37. The summed E-state index contributed by atoms with van der Waals surface area (Å²) in [6.07, 6.45) is 2.05. The van der Waals surface area contributed by atoms with Crippen molar-refractivity contribution in [2.45, 2.75) is 45.4 Å². The zero-order chi connectivity index (χ0) is 29.8. The number of ether oxygens (including phenoxy) is 4. The van der Waals surface area contributed by atoms with E-state index in [1.165, 1.54) is 6.26 Å². The Morgan fingerprint density at radius 2 is 1.83 bits per heavy atom. The van der Waals surface area contributed by atoms with Crippen LogP contribution in [0.4, 0.5) is 0 Å². The van der Waals surface area contributed by atoms with E-state index >= 15 is 0 Å². The molecule has 1 aliphatic heterocycles. The number of para-hydroxylation sites is 1. The molecule has 0 saturated carbocycles. The Labute approximate surface area is 244 Å². The van der Waals surface area contributed by atoms with Gasteiger partial charge in [-0.1, -0.05) is 18.2 Å². The number of hydrogen-bond donors (Lipinski definition) is 1. The average molecular weight is 574 g/mol. The normalized spacial score (nSPS) is 18.5. The first-order chi connectivity index (χ1) is 20.4. The number of ketones is 1. The van der Waals surface area contributed by atoms with Crippen molar-refractivity contribution in [3.05, 3.63) is 92.6 Å². The van der Waals surface area contributed by atoms with Crippen molar-refractivity contribution in [1.82, 2.24) is 5.32 Å². The predicted molar refractivity (Wildman–Crippen MR) is 157 cm³/mol. The van der Waals surface area contributed by atoms with Crippen molar-refractivity contribution in [2.24, 2.45) is 0 Å². The van der Waals surface area contributed by atoms with Gasteiger partial charge in [0.15, 0.2) is 22.7 Å². The number of hydrogen-bond acceptors (Lipinski definition) is 9. The highest BCUT2D eigenvalue weighted by atomic mass is 16.6. The molecule has 0 spiro atoms. The number of carbonyl (C=O) groups excluding carboxylic acids is 2. The monoisotopic (exact) mass is 573 g/mol. The summed E-state index contributed by atoms with van der Waals surface area (Å²) in [4.78, 5) is 41.3. The summed E-state index contributed by atoms with van der Waals surface area (Å²) in [6.45, 7) is 6.80. The molecule has 0 saturated heterocycles. The summed E-state index contributed by atoms with van der Waals surface area (Å²) in [5, 5.41) is 3.69. The van der Waals surface area contributed by atoms with Gasteiger partial charge in [-0.15, -0.1) is 0 Å². The Bertz CT molecular complexity index is 1630. The second-order valence-corrected chi connectivity index (χ2v) is 10.2. The summed E-state index contributed by atoms with van der Waals surface area (Å²) < 4.78 is 27.9. The molecule has 1 aromatic heterocycles. The number of methoxy groups -OCH3 is 1. The lowest BCUT2D eigenvalue weighted by molar-refractivity contribution is -0.140. The Hall–Kier alpha value is -4.37. The number of allylic oxidation sites excluding steroid dienone is 3. The van der Waals surface area contributed by atoms with Gasteiger partial charge < -0.3 is 28.7 Å². The van der Waals surface area contributed by atoms with Gasteiger partial charge in [-0.05, 0) is 62.9 Å². The quantitative estimate of drug-likeness (QED) is 0.260. The maximum atomic E-state index is 14.0. The highest BCUT2D eigenvalue weighted by Gasteiger charge is 2.43. The van der Waals surface area contributed by atoms with Gasteiger partial charge in [0.25, 0.3) is 0 Å². The second-order valence-electron chi connectivity index (χ2n) is 10.2. The zero-order valence-corrected chi connectivity index (χ0v) is 24.3. The molecule has 5 rings (SSSR count). The molecule has 9 heteroatoms. The third-order valence-corrected chi connectivity index (χ3v) is 7.69. The molecule has 42 heavy (non-hydrogen) atoms. The summed E-state index contributed by atoms with van der Waals surface area (Å²) in [5.74, 6) is -0.630. The van der Waals surface area contributed by atoms with Crippen molar-refractivity contribution in [3.8, 4) is 11.5 Å². The third kappa shape index (κ3) is 5.56. The van der Waals surface area contributed by atoms with Gasteiger partial charge in [0.1, 0.15) is 12.2 Å². The lowest BCUT2D eigenvalue weighted by atomic mass is 9.72. The van der Waals surface area contributed by atoms with Crippen LogP contribution in [-0.2, 0) is 19.1 Å². The van der Waals surface area contributed by atoms with E-state index in [9.17, 15) is 14.4 Å². The van der Waals surface area contributed by atoms with Crippen molar-refractivity contribution < 1.29 is 33.0 Å². The van der Waals surface area contributed by atoms with Crippen molar-refractivity contribution in [1.29, 1.82) is 0 Å². The molecule has 2 atom stereocenters. The van der Waals surface area contributed by atoms with E-state index < -0.39 is 11.9 Å². The molecular formula is C33H35NO8. The van der Waals surface area contributed by atoms with Gasteiger partial charge in [0.05, 0.1) is 43.5 Å². The third-order valence-electron chi connectivity index (χ3n) is 7.69. The van der Waals surface area contributed by atoms with E-state index in [-0.39, 0.29) is 47.9 Å². The number of rotatable bonds is 10. The van der Waals surface area contributed by atoms with Crippen molar-refractivity contribution in [2.75, 3.05) is 33.5 Å². The molecule has 2 heterocycles. The Morgan fingerprint density at radius 1 is 1.02 bits per heavy atom. The van der Waals surface area contributed by atoms with Crippen LogP contribution in [-0.4, -0.2) is 45.3 Å². The standard InChI is InChI=1S/C33H35NO8/c1-5-39-13-14-41-33(37)29-19(3)34-24-15-21(20-11-12-27(40-6-2)28(17-20)38-4)16-25(35)31(24)30(29)23-18-42-26-10-8-7-9-22(26)32(23)36/h7-12,17-18,21,30,34H,5-6,13-16H2,1-4H3/t21-,30+/m0/s1. The summed E-state index contributed by atoms with van der Waals surface area (Å²) in [7, 11) is 1.58. The van der Waals surface area contributed by atoms with Gasteiger partial charge >= 0.3 is 5.97 Å². The molecule has 0 fully saturated rings. The van der Waals surface area contributed by atoms with Crippen LogP contribution in [0.25, 0.3) is 11.0 Å².